The van der Waals surface area contributed by atoms with Crippen molar-refractivity contribution >= 4 is 18.1 Å². The zero-order chi connectivity index (χ0) is 14.0. The van der Waals surface area contributed by atoms with Crippen LogP contribution in [0.5, 0.6) is 0 Å². The number of amides is 2. The van der Waals surface area contributed by atoms with E-state index in [2.05, 4.69) is 10.6 Å². The second-order valence-corrected chi connectivity index (χ2v) is 5.24. The van der Waals surface area contributed by atoms with Gasteiger partial charge in [-0.25, -0.2) is 0 Å². The molecule has 2 aliphatic rings. The average Bonchev–Trinajstić information content (AvgIpc) is 2.86. The summed E-state index contributed by atoms with van der Waals surface area (Å²) in [5.41, 5.74) is -0.450. The summed E-state index contributed by atoms with van der Waals surface area (Å²) < 4.78 is 0. The molecule has 0 aromatic carbocycles. The minimum Gasteiger partial charge on any atom is -0.391 e. The highest BCUT2D eigenvalue weighted by Crippen LogP contribution is 2.30. The van der Waals surface area contributed by atoms with Gasteiger partial charge in [0, 0.05) is 6.54 Å². The molecule has 2 rings (SSSR count). The fourth-order valence-corrected chi connectivity index (χ4v) is 2.60. The number of aliphatic hydroxyl groups excluding tert-OH is 1. The number of likely N-dealkylation sites (tertiary alicyclic amines) is 1. The number of carbonyl (C=O) groups excluding carboxylic acids is 3. The summed E-state index contributed by atoms with van der Waals surface area (Å²) in [6.45, 7) is 2.71. The Balaban J connectivity index is 1.81. The molecular weight excluding hydrogens is 250 g/mol. The van der Waals surface area contributed by atoms with Gasteiger partial charge in [-0.15, -0.1) is 0 Å². The molecule has 2 aliphatic heterocycles. The Kier molecular flexibility index (Phi) is 3.86. The summed E-state index contributed by atoms with van der Waals surface area (Å²) in [4.78, 5) is 35.8. The van der Waals surface area contributed by atoms with E-state index in [1.54, 1.807) is 0 Å². The van der Waals surface area contributed by atoms with Crippen LogP contribution in [0.15, 0.2) is 0 Å². The molecule has 1 spiro atoms. The van der Waals surface area contributed by atoms with Gasteiger partial charge >= 0.3 is 0 Å². The van der Waals surface area contributed by atoms with Crippen LogP contribution in [0, 0.1) is 0 Å². The maximum atomic E-state index is 12.0. The second-order valence-electron chi connectivity index (χ2n) is 5.24. The van der Waals surface area contributed by atoms with Crippen molar-refractivity contribution in [1.29, 1.82) is 0 Å². The number of rotatable bonds is 5. The lowest BCUT2D eigenvalue weighted by Gasteiger charge is -2.46. The van der Waals surface area contributed by atoms with Crippen LogP contribution in [0.4, 0.5) is 0 Å². The van der Waals surface area contributed by atoms with Crippen molar-refractivity contribution < 1.29 is 19.5 Å². The molecule has 3 N–H and O–H groups in total. The first-order valence-corrected chi connectivity index (χ1v) is 6.46. The van der Waals surface area contributed by atoms with Gasteiger partial charge in [-0.1, -0.05) is 0 Å². The Morgan fingerprint density at radius 3 is 2.89 bits per heavy atom. The van der Waals surface area contributed by atoms with Gasteiger partial charge in [-0.2, -0.15) is 0 Å². The minimum atomic E-state index is -0.948. The van der Waals surface area contributed by atoms with Gasteiger partial charge in [-0.05, 0) is 26.3 Å². The van der Waals surface area contributed by atoms with Crippen LogP contribution < -0.4 is 10.6 Å². The zero-order valence-corrected chi connectivity index (χ0v) is 10.9. The van der Waals surface area contributed by atoms with Crippen LogP contribution in [0.1, 0.15) is 19.8 Å². The summed E-state index contributed by atoms with van der Waals surface area (Å²) in [6.07, 6.45) is 1.33. The van der Waals surface area contributed by atoms with Crippen molar-refractivity contribution in [2.24, 2.45) is 0 Å². The Hall–Kier alpha value is -1.47. The van der Waals surface area contributed by atoms with Crippen molar-refractivity contribution in [3.63, 3.8) is 0 Å². The summed E-state index contributed by atoms with van der Waals surface area (Å²) in [6, 6.07) is -0.928. The third-order valence-electron chi connectivity index (χ3n) is 3.73. The molecule has 0 aromatic rings. The molecule has 106 valence electrons. The van der Waals surface area contributed by atoms with Crippen LogP contribution in [-0.4, -0.2) is 65.4 Å². The number of hydrogen-bond acceptors (Lipinski definition) is 5. The first-order valence-electron chi connectivity index (χ1n) is 6.46. The quantitative estimate of drug-likeness (QED) is 0.397. The fourth-order valence-electron chi connectivity index (χ4n) is 2.60. The number of nitrogens with one attached hydrogen (secondary N) is 2. The monoisotopic (exact) mass is 269 g/mol. The van der Waals surface area contributed by atoms with Gasteiger partial charge in [0.2, 0.25) is 11.8 Å². The molecule has 2 amide bonds. The Bertz CT molecular complexity index is 390. The molecule has 0 bridgehead atoms. The van der Waals surface area contributed by atoms with Crippen molar-refractivity contribution in [3.05, 3.63) is 0 Å². The second kappa shape index (κ2) is 5.26. The lowest BCUT2D eigenvalue weighted by atomic mass is 9.87. The number of β-lactam (4-membered cyclic amide) rings is 1. The Labute approximate surface area is 111 Å². The zero-order valence-electron chi connectivity index (χ0n) is 10.9. The number of aldehydes is 1. The van der Waals surface area contributed by atoms with Crippen molar-refractivity contribution in [2.45, 2.75) is 37.5 Å². The van der Waals surface area contributed by atoms with Crippen LogP contribution in [0.25, 0.3) is 0 Å². The van der Waals surface area contributed by atoms with E-state index in [1.165, 1.54) is 11.8 Å². The third-order valence-corrected chi connectivity index (χ3v) is 3.73. The van der Waals surface area contributed by atoms with Gasteiger partial charge < -0.3 is 25.4 Å². The number of aliphatic hydroxyl groups is 1. The van der Waals surface area contributed by atoms with E-state index in [0.717, 1.165) is 19.4 Å². The van der Waals surface area contributed by atoms with Crippen LogP contribution in [0.2, 0.25) is 0 Å². The third kappa shape index (κ3) is 2.62. The fraction of sp³-hybridized carbons (Fsp3) is 0.750. The SMILES string of the molecule is CC(O)C(C=O)NC(=O)CN1CC2(CCCN2)C1=O. The van der Waals surface area contributed by atoms with Crippen LogP contribution in [-0.2, 0) is 14.4 Å². The molecular formula is C12H19N3O4. The van der Waals surface area contributed by atoms with Crippen LogP contribution >= 0.6 is 0 Å². The van der Waals surface area contributed by atoms with E-state index in [9.17, 15) is 19.5 Å². The van der Waals surface area contributed by atoms with E-state index in [0.29, 0.717) is 12.8 Å². The van der Waals surface area contributed by atoms with E-state index in [-0.39, 0.29) is 12.5 Å². The number of hydrogen-bond donors (Lipinski definition) is 3. The maximum absolute atomic E-state index is 12.0. The molecule has 3 atom stereocenters. The maximum Gasteiger partial charge on any atom is 0.245 e. The molecule has 2 saturated heterocycles. The highest BCUT2D eigenvalue weighted by Gasteiger charge is 2.53. The van der Waals surface area contributed by atoms with Gasteiger partial charge in [0.05, 0.1) is 12.6 Å². The highest BCUT2D eigenvalue weighted by molar-refractivity contribution is 5.96. The summed E-state index contributed by atoms with van der Waals surface area (Å²) in [5, 5.41) is 14.8. The predicted molar refractivity (Wildman–Crippen MR) is 66.2 cm³/mol. The van der Waals surface area contributed by atoms with Crippen LogP contribution in [0.3, 0.4) is 0 Å². The summed E-state index contributed by atoms with van der Waals surface area (Å²) >= 11 is 0. The molecule has 0 aliphatic carbocycles. The first-order chi connectivity index (χ1) is 8.98. The van der Waals surface area contributed by atoms with E-state index in [1.807, 2.05) is 0 Å². The predicted octanol–water partition coefficient (Wildman–Crippen LogP) is -1.98. The van der Waals surface area contributed by atoms with E-state index >= 15 is 0 Å². The molecule has 0 aromatic heterocycles. The molecule has 7 nitrogen and oxygen atoms in total. The molecule has 2 fully saturated rings. The Morgan fingerprint density at radius 1 is 1.68 bits per heavy atom. The standard InChI is InChI=1S/C12H19N3O4/c1-8(17)9(6-16)14-10(18)5-15-7-12(11(15)19)3-2-4-13-12/h6,8-9,13,17H,2-5,7H2,1H3,(H,14,18). The molecule has 19 heavy (non-hydrogen) atoms. The minimum absolute atomic E-state index is 0.0557. The first kappa shape index (κ1) is 14.0. The van der Waals surface area contributed by atoms with Crippen molar-refractivity contribution in [3.8, 4) is 0 Å². The summed E-state index contributed by atoms with van der Waals surface area (Å²) in [5.74, 6) is -0.487. The topological polar surface area (TPSA) is 98.7 Å². The molecule has 3 unspecified atom stereocenters. The highest BCUT2D eigenvalue weighted by atomic mass is 16.3. The molecule has 2 heterocycles. The summed E-state index contributed by atoms with van der Waals surface area (Å²) in [7, 11) is 0. The average molecular weight is 269 g/mol. The van der Waals surface area contributed by atoms with E-state index in [4.69, 9.17) is 0 Å². The number of carbonyl (C=O) groups is 3. The van der Waals surface area contributed by atoms with Crippen molar-refractivity contribution in [2.75, 3.05) is 19.6 Å². The van der Waals surface area contributed by atoms with Gasteiger partial charge in [0.25, 0.3) is 0 Å². The largest absolute Gasteiger partial charge is 0.391 e. The lowest BCUT2D eigenvalue weighted by molar-refractivity contribution is -0.154. The lowest BCUT2D eigenvalue weighted by Crippen LogP contribution is -2.72. The molecule has 0 saturated carbocycles. The van der Waals surface area contributed by atoms with E-state index < -0.39 is 23.6 Å². The smallest absolute Gasteiger partial charge is 0.245 e. The van der Waals surface area contributed by atoms with Gasteiger partial charge in [0.15, 0.2) is 0 Å². The molecule has 0 radical (unpaired) electrons. The molecule has 7 heteroatoms. The Morgan fingerprint density at radius 2 is 2.42 bits per heavy atom. The normalized spacial score (nSPS) is 28.9. The van der Waals surface area contributed by atoms with Gasteiger partial charge in [-0.3, -0.25) is 9.59 Å². The number of nitrogens with zero attached hydrogens (tertiary/aromatic N) is 1. The van der Waals surface area contributed by atoms with Crippen molar-refractivity contribution in [1.82, 2.24) is 15.5 Å². The van der Waals surface area contributed by atoms with Gasteiger partial charge in [0.1, 0.15) is 17.9 Å².